The molecule has 0 radical (unpaired) electrons. The Morgan fingerprint density at radius 1 is 1.52 bits per heavy atom. The Bertz CT molecular complexity index is 580. The smallest absolute Gasteiger partial charge is 0.223 e. The third kappa shape index (κ3) is 4.28. The Hall–Kier alpha value is -2.42. The Morgan fingerprint density at radius 3 is 3.05 bits per heavy atom. The zero-order valence-corrected chi connectivity index (χ0v) is 11.9. The van der Waals surface area contributed by atoms with Gasteiger partial charge in [0.1, 0.15) is 11.9 Å². The van der Waals surface area contributed by atoms with Gasteiger partial charge in [-0.05, 0) is 13.0 Å². The molecule has 1 aliphatic rings. The Morgan fingerprint density at radius 2 is 2.33 bits per heavy atom. The van der Waals surface area contributed by atoms with Gasteiger partial charge in [-0.25, -0.2) is 4.98 Å². The van der Waals surface area contributed by atoms with Crippen LogP contribution >= 0.6 is 0 Å². The van der Waals surface area contributed by atoms with Crippen LogP contribution in [-0.4, -0.2) is 40.8 Å². The molecule has 1 atom stereocenters. The lowest BCUT2D eigenvalue weighted by Crippen LogP contribution is -2.31. The molecule has 0 saturated carbocycles. The summed E-state index contributed by atoms with van der Waals surface area (Å²) < 4.78 is 5.70. The van der Waals surface area contributed by atoms with Crippen molar-refractivity contribution in [1.29, 1.82) is 5.26 Å². The second-order valence-corrected chi connectivity index (χ2v) is 5.06. The number of amides is 1. The molecule has 6 nitrogen and oxygen atoms in total. The molecule has 1 unspecified atom stereocenters. The first-order valence-electron chi connectivity index (χ1n) is 6.88. The van der Waals surface area contributed by atoms with Gasteiger partial charge in [0.2, 0.25) is 11.8 Å². The van der Waals surface area contributed by atoms with E-state index >= 15 is 0 Å². The highest BCUT2D eigenvalue weighted by molar-refractivity contribution is 5.83. The molecular formula is C15H17N3O3. The summed E-state index contributed by atoms with van der Waals surface area (Å²) in [7, 11) is 0. The molecule has 1 aromatic heterocycles. The first kappa shape index (κ1) is 15.0. The summed E-state index contributed by atoms with van der Waals surface area (Å²) in [4.78, 5) is 28.6. The Balaban J connectivity index is 1.86. The first-order valence-corrected chi connectivity index (χ1v) is 6.88. The fourth-order valence-electron chi connectivity index (χ4n) is 2.21. The lowest BCUT2D eigenvalue weighted by Gasteiger charge is -2.16. The van der Waals surface area contributed by atoms with Crippen molar-refractivity contribution in [2.45, 2.75) is 32.3 Å². The van der Waals surface area contributed by atoms with Crippen molar-refractivity contribution >= 4 is 11.7 Å². The molecule has 1 saturated heterocycles. The molecule has 2 rings (SSSR count). The number of likely N-dealkylation sites (tertiary alicyclic amines) is 1. The quantitative estimate of drug-likeness (QED) is 0.815. The number of aromatic nitrogens is 1. The molecule has 110 valence electrons. The molecule has 0 aliphatic carbocycles. The summed E-state index contributed by atoms with van der Waals surface area (Å²) >= 11 is 0. The van der Waals surface area contributed by atoms with Gasteiger partial charge in [0, 0.05) is 38.1 Å². The van der Waals surface area contributed by atoms with Crippen LogP contribution in [0.4, 0.5) is 0 Å². The molecule has 0 spiro atoms. The number of ketones is 1. The van der Waals surface area contributed by atoms with Crippen LogP contribution in [0.15, 0.2) is 18.3 Å². The Kier molecular flexibility index (Phi) is 4.88. The minimum absolute atomic E-state index is 0.0185. The van der Waals surface area contributed by atoms with E-state index in [9.17, 15) is 9.59 Å². The topological polar surface area (TPSA) is 83.3 Å². The number of ether oxygens (including phenoxy) is 1. The van der Waals surface area contributed by atoms with Crippen LogP contribution in [0, 0.1) is 11.3 Å². The number of nitrogens with zero attached hydrogens (tertiary/aromatic N) is 3. The van der Waals surface area contributed by atoms with Crippen LogP contribution < -0.4 is 4.74 Å². The zero-order chi connectivity index (χ0) is 15.2. The van der Waals surface area contributed by atoms with Crippen molar-refractivity contribution in [3.8, 4) is 11.9 Å². The van der Waals surface area contributed by atoms with Crippen LogP contribution in [0.5, 0.6) is 5.88 Å². The van der Waals surface area contributed by atoms with Crippen LogP contribution in [0.1, 0.15) is 31.7 Å². The number of carbonyl (C=O) groups excluding carboxylic acids is 2. The van der Waals surface area contributed by atoms with Crippen molar-refractivity contribution < 1.29 is 14.3 Å². The van der Waals surface area contributed by atoms with E-state index in [0.29, 0.717) is 24.5 Å². The summed E-state index contributed by atoms with van der Waals surface area (Å²) in [5, 5.41) is 8.83. The standard InChI is InChI=1S/C15H17N3O3/c1-11(19)2-3-15(20)18-7-5-13(10-18)21-14-8-12(9-16)4-6-17-14/h4,6,8,13H,2-3,5,7,10H2,1H3. The highest BCUT2D eigenvalue weighted by Crippen LogP contribution is 2.18. The van der Waals surface area contributed by atoms with Crippen LogP contribution in [-0.2, 0) is 9.59 Å². The van der Waals surface area contributed by atoms with Gasteiger partial charge in [0.15, 0.2) is 0 Å². The summed E-state index contributed by atoms with van der Waals surface area (Å²) in [6.45, 7) is 2.60. The molecule has 1 aliphatic heterocycles. The van der Waals surface area contributed by atoms with E-state index in [2.05, 4.69) is 4.98 Å². The maximum atomic E-state index is 11.9. The van der Waals surface area contributed by atoms with E-state index in [1.54, 1.807) is 17.0 Å². The van der Waals surface area contributed by atoms with Gasteiger partial charge >= 0.3 is 0 Å². The minimum Gasteiger partial charge on any atom is -0.472 e. The van der Waals surface area contributed by atoms with Crippen molar-refractivity contribution in [2.75, 3.05) is 13.1 Å². The monoisotopic (exact) mass is 287 g/mol. The van der Waals surface area contributed by atoms with Crippen molar-refractivity contribution in [2.24, 2.45) is 0 Å². The SMILES string of the molecule is CC(=O)CCC(=O)N1CCC(Oc2cc(C#N)ccn2)C1. The molecule has 0 bridgehead atoms. The van der Waals surface area contributed by atoms with Crippen LogP contribution in [0.2, 0.25) is 0 Å². The second kappa shape index (κ2) is 6.84. The summed E-state index contributed by atoms with van der Waals surface area (Å²) in [5.41, 5.74) is 0.493. The predicted molar refractivity (Wildman–Crippen MR) is 74.5 cm³/mol. The maximum Gasteiger partial charge on any atom is 0.223 e. The average molecular weight is 287 g/mol. The molecule has 0 aromatic carbocycles. The van der Waals surface area contributed by atoms with Crippen LogP contribution in [0.25, 0.3) is 0 Å². The van der Waals surface area contributed by atoms with E-state index in [1.807, 2.05) is 6.07 Å². The minimum atomic E-state index is -0.118. The highest BCUT2D eigenvalue weighted by atomic mass is 16.5. The summed E-state index contributed by atoms with van der Waals surface area (Å²) in [6, 6.07) is 5.22. The fourth-order valence-corrected chi connectivity index (χ4v) is 2.21. The molecule has 21 heavy (non-hydrogen) atoms. The molecule has 0 N–H and O–H groups in total. The van der Waals surface area contributed by atoms with E-state index in [1.165, 1.54) is 13.1 Å². The van der Waals surface area contributed by atoms with Gasteiger partial charge in [0.25, 0.3) is 0 Å². The number of rotatable bonds is 5. The first-order chi connectivity index (χ1) is 10.1. The highest BCUT2D eigenvalue weighted by Gasteiger charge is 2.27. The van der Waals surface area contributed by atoms with Crippen molar-refractivity contribution in [1.82, 2.24) is 9.88 Å². The van der Waals surface area contributed by atoms with Crippen molar-refractivity contribution in [3.63, 3.8) is 0 Å². The zero-order valence-electron chi connectivity index (χ0n) is 11.9. The van der Waals surface area contributed by atoms with E-state index in [0.717, 1.165) is 6.42 Å². The van der Waals surface area contributed by atoms with Gasteiger partial charge < -0.3 is 14.4 Å². The molecule has 2 heterocycles. The maximum absolute atomic E-state index is 11.9. The van der Waals surface area contributed by atoms with Crippen molar-refractivity contribution in [3.05, 3.63) is 23.9 Å². The van der Waals surface area contributed by atoms with Gasteiger partial charge in [-0.15, -0.1) is 0 Å². The van der Waals surface area contributed by atoms with Crippen LogP contribution in [0.3, 0.4) is 0 Å². The lowest BCUT2D eigenvalue weighted by atomic mass is 10.2. The summed E-state index contributed by atoms with van der Waals surface area (Å²) in [5.74, 6) is 0.403. The van der Waals surface area contributed by atoms with E-state index < -0.39 is 0 Å². The fraction of sp³-hybridized carbons (Fsp3) is 0.467. The largest absolute Gasteiger partial charge is 0.472 e. The van der Waals surface area contributed by atoms with Gasteiger partial charge in [0.05, 0.1) is 18.2 Å². The number of hydrogen-bond acceptors (Lipinski definition) is 5. The number of pyridine rings is 1. The molecule has 1 aromatic rings. The molecular weight excluding hydrogens is 270 g/mol. The Labute approximate surface area is 123 Å². The molecule has 1 fully saturated rings. The summed E-state index contributed by atoms with van der Waals surface area (Å²) in [6.07, 6.45) is 2.67. The van der Waals surface area contributed by atoms with Gasteiger partial charge in [-0.2, -0.15) is 5.26 Å². The number of Topliss-reactive ketones (excluding diaryl/α,β-unsaturated/α-hetero) is 1. The lowest BCUT2D eigenvalue weighted by molar-refractivity contribution is -0.132. The normalized spacial score (nSPS) is 17.3. The third-order valence-electron chi connectivity index (χ3n) is 3.34. The average Bonchev–Trinajstić information content (AvgIpc) is 2.93. The second-order valence-electron chi connectivity index (χ2n) is 5.06. The predicted octanol–water partition coefficient (Wildman–Crippen LogP) is 1.30. The number of carbonyl (C=O) groups is 2. The van der Waals surface area contributed by atoms with Gasteiger partial charge in [-0.3, -0.25) is 4.79 Å². The van der Waals surface area contributed by atoms with Gasteiger partial charge in [-0.1, -0.05) is 0 Å². The van der Waals surface area contributed by atoms with E-state index in [-0.39, 0.29) is 30.6 Å². The number of hydrogen-bond donors (Lipinski definition) is 0. The third-order valence-corrected chi connectivity index (χ3v) is 3.34. The van der Waals surface area contributed by atoms with E-state index in [4.69, 9.17) is 10.00 Å². The number of nitriles is 1. The molecule has 6 heteroatoms. The molecule has 1 amide bonds.